The second-order valence-electron chi connectivity index (χ2n) is 7.04. The third-order valence-corrected chi connectivity index (χ3v) is 3.07. The van der Waals surface area contributed by atoms with E-state index >= 15 is 0 Å². The van der Waals surface area contributed by atoms with Gasteiger partial charge in [-0.25, -0.2) is 4.79 Å². The molecule has 1 aliphatic heterocycles. The van der Waals surface area contributed by atoms with Gasteiger partial charge in [-0.15, -0.1) is 0 Å². The zero-order chi connectivity index (χ0) is 17.4. The summed E-state index contributed by atoms with van der Waals surface area (Å²) in [7, 11) is 0. The average Bonchev–Trinajstić information content (AvgIpc) is 2.89. The van der Waals surface area contributed by atoms with E-state index in [1.807, 2.05) is 34.6 Å². The highest BCUT2D eigenvalue weighted by molar-refractivity contribution is 6.04. The number of nitrogens with zero attached hydrogens (tertiary/aromatic N) is 1. The molecular weight excluding hydrogens is 274 g/mol. The molecule has 0 saturated heterocycles. The highest BCUT2D eigenvalue weighted by atomic mass is 16.7. The molecule has 3 nitrogen and oxygen atoms in total. The summed E-state index contributed by atoms with van der Waals surface area (Å²) in [4.78, 5) is 15.0. The smallest absolute Gasteiger partial charge is 0.318 e. The van der Waals surface area contributed by atoms with Crippen molar-refractivity contribution < 1.29 is 9.63 Å². The zero-order valence-corrected chi connectivity index (χ0v) is 15.4. The lowest BCUT2D eigenvalue weighted by Gasteiger charge is -2.18. The van der Waals surface area contributed by atoms with E-state index in [0.717, 1.165) is 5.71 Å². The molecule has 0 aliphatic carbocycles. The number of hydrogen-bond acceptors (Lipinski definition) is 3. The van der Waals surface area contributed by atoms with Gasteiger partial charge in [-0.3, -0.25) is 0 Å². The lowest BCUT2D eigenvalue weighted by Crippen LogP contribution is -2.18. The zero-order valence-electron chi connectivity index (χ0n) is 15.4. The molecule has 0 N–H and O–H groups in total. The summed E-state index contributed by atoms with van der Waals surface area (Å²) in [6.07, 6.45) is 0.351. The van der Waals surface area contributed by atoms with Crippen LogP contribution in [0, 0.1) is 5.41 Å². The molecule has 0 aromatic heterocycles. The number of carbonyl (C=O) groups excluding carboxylic acids is 1. The van der Waals surface area contributed by atoms with Gasteiger partial charge >= 0.3 is 5.97 Å². The third-order valence-electron chi connectivity index (χ3n) is 3.07. The van der Waals surface area contributed by atoms with E-state index in [-0.39, 0.29) is 11.4 Å². The number of hydrogen-bond donors (Lipinski definition) is 0. The maximum absolute atomic E-state index is 10.6. The predicted molar refractivity (Wildman–Crippen MR) is 94.1 cm³/mol. The van der Waals surface area contributed by atoms with Crippen LogP contribution in [0.5, 0.6) is 0 Å². The van der Waals surface area contributed by atoms with E-state index in [0.29, 0.717) is 11.8 Å². The Balaban J connectivity index is 0.000000360. The van der Waals surface area contributed by atoms with E-state index in [1.165, 1.54) is 5.56 Å². The Morgan fingerprint density at radius 1 is 0.909 bits per heavy atom. The Labute approximate surface area is 135 Å². The van der Waals surface area contributed by atoms with E-state index in [9.17, 15) is 4.79 Å². The van der Waals surface area contributed by atoms with Crippen molar-refractivity contribution in [3.8, 4) is 0 Å². The van der Waals surface area contributed by atoms with Gasteiger partial charge in [-0.05, 0) is 11.0 Å². The van der Waals surface area contributed by atoms with Crippen molar-refractivity contribution in [3.63, 3.8) is 0 Å². The first-order chi connectivity index (χ1) is 10.1. The maximum atomic E-state index is 10.6. The van der Waals surface area contributed by atoms with Gasteiger partial charge in [0, 0.05) is 5.41 Å². The van der Waals surface area contributed by atoms with Crippen LogP contribution in [-0.2, 0) is 15.0 Å². The standard InChI is InChI=1S/C10H14.C7H11NO2.C2H6/c1-10(2,3)9-7-5-4-6-8-9;1-7(2,3)5-4-6(9)10-8-5;1-2/h4-8H,1-3H3;4H2,1-3H3;1-2H3. The van der Waals surface area contributed by atoms with E-state index < -0.39 is 0 Å². The topological polar surface area (TPSA) is 38.7 Å². The normalized spacial score (nSPS) is 14.0. The first-order valence-electron chi connectivity index (χ1n) is 7.93. The molecule has 1 heterocycles. The van der Waals surface area contributed by atoms with Crippen molar-refractivity contribution >= 4 is 11.7 Å². The number of carbonyl (C=O) groups is 1. The highest BCUT2D eigenvalue weighted by Crippen LogP contribution is 2.22. The fraction of sp³-hybridized carbons (Fsp3) is 0.579. The highest BCUT2D eigenvalue weighted by Gasteiger charge is 2.27. The molecule has 0 saturated carbocycles. The molecule has 0 bridgehead atoms. The molecule has 0 fully saturated rings. The maximum Gasteiger partial charge on any atom is 0.340 e. The van der Waals surface area contributed by atoms with Crippen LogP contribution in [0.3, 0.4) is 0 Å². The van der Waals surface area contributed by atoms with Crippen LogP contribution in [0.25, 0.3) is 0 Å². The van der Waals surface area contributed by atoms with Gasteiger partial charge < -0.3 is 4.84 Å². The van der Waals surface area contributed by atoms with E-state index in [2.05, 4.69) is 61.1 Å². The molecule has 1 aromatic rings. The number of benzene rings is 1. The lowest BCUT2D eigenvalue weighted by atomic mass is 9.87. The molecule has 0 unspecified atom stereocenters. The molecule has 22 heavy (non-hydrogen) atoms. The third kappa shape index (κ3) is 7.39. The van der Waals surface area contributed by atoms with Crippen LogP contribution in [-0.4, -0.2) is 11.7 Å². The Morgan fingerprint density at radius 3 is 1.64 bits per heavy atom. The van der Waals surface area contributed by atoms with Crippen LogP contribution in [0.15, 0.2) is 35.5 Å². The van der Waals surface area contributed by atoms with Crippen molar-refractivity contribution in [2.45, 2.75) is 67.2 Å². The Hall–Kier alpha value is -1.64. The second-order valence-corrected chi connectivity index (χ2v) is 7.04. The SMILES string of the molecule is CC.CC(C)(C)C1=NOC(=O)C1.CC(C)(C)c1ccccc1. The minimum Gasteiger partial charge on any atom is -0.318 e. The van der Waals surface area contributed by atoms with Gasteiger partial charge in [-0.1, -0.05) is 90.9 Å². The number of rotatable bonds is 0. The summed E-state index contributed by atoms with van der Waals surface area (Å²) < 4.78 is 0. The predicted octanol–water partition coefficient (Wildman–Crippen LogP) is 5.35. The monoisotopic (exact) mass is 305 g/mol. The van der Waals surface area contributed by atoms with Crippen molar-refractivity contribution in [2.75, 3.05) is 0 Å². The van der Waals surface area contributed by atoms with Gasteiger partial charge in [0.1, 0.15) is 0 Å². The van der Waals surface area contributed by atoms with Crippen molar-refractivity contribution in [3.05, 3.63) is 35.9 Å². The van der Waals surface area contributed by atoms with Gasteiger partial charge in [0.25, 0.3) is 0 Å². The molecule has 0 spiro atoms. The lowest BCUT2D eigenvalue weighted by molar-refractivity contribution is -0.140. The Kier molecular flexibility index (Phi) is 8.07. The molecule has 0 amide bonds. The van der Waals surface area contributed by atoms with Gasteiger partial charge in [0.15, 0.2) is 0 Å². The summed E-state index contributed by atoms with van der Waals surface area (Å²) >= 11 is 0. The first-order valence-corrected chi connectivity index (χ1v) is 7.93. The second kappa shape index (κ2) is 8.72. The van der Waals surface area contributed by atoms with Crippen LogP contribution in [0.4, 0.5) is 0 Å². The summed E-state index contributed by atoms with van der Waals surface area (Å²) in [5.74, 6) is -0.245. The van der Waals surface area contributed by atoms with Crippen molar-refractivity contribution in [1.29, 1.82) is 0 Å². The fourth-order valence-corrected chi connectivity index (χ4v) is 1.65. The molecule has 1 aromatic carbocycles. The summed E-state index contributed by atoms with van der Waals surface area (Å²) in [5, 5.41) is 3.66. The number of oxime groups is 1. The van der Waals surface area contributed by atoms with Crippen molar-refractivity contribution in [2.24, 2.45) is 10.6 Å². The molecule has 0 atom stereocenters. The minimum absolute atomic E-state index is 0.0356. The molecule has 0 radical (unpaired) electrons. The minimum atomic E-state index is -0.245. The Morgan fingerprint density at radius 2 is 1.41 bits per heavy atom. The van der Waals surface area contributed by atoms with E-state index in [1.54, 1.807) is 0 Å². The quantitative estimate of drug-likeness (QED) is 0.606. The van der Waals surface area contributed by atoms with Crippen LogP contribution in [0.2, 0.25) is 0 Å². The van der Waals surface area contributed by atoms with Crippen LogP contribution >= 0.6 is 0 Å². The van der Waals surface area contributed by atoms with E-state index in [4.69, 9.17) is 0 Å². The summed E-state index contributed by atoms with van der Waals surface area (Å²) in [6, 6.07) is 10.6. The average molecular weight is 305 g/mol. The summed E-state index contributed by atoms with van der Waals surface area (Å²) in [6.45, 7) is 16.7. The van der Waals surface area contributed by atoms with Gasteiger partial charge in [0.2, 0.25) is 0 Å². The molecule has 124 valence electrons. The molecule has 3 heteroatoms. The largest absolute Gasteiger partial charge is 0.340 e. The van der Waals surface area contributed by atoms with Crippen molar-refractivity contribution in [1.82, 2.24) is 0 Å². The van der Waals surface area contributed by atoms with Crippen LogP contribution < -0.4 is 0 Å². The molecule has 1 aliphatic rings. The van der Waals surface area contributed by atoms with Crippen LogP contribution in [0.1, 0.15) is 67.4 Å². The molecular formula is C19H31NO2. The van der Waals surface area contributed by atoms with Gasteiger partial charge in [-0.2, -0.15) is 0 Å². The molecule has 2 rings (SSSR count). The fourth-order valence-electron chi connectivity index (χ4n) is 1.65. The summed E-state index contributed by atoms with van der Waals surface area (Å²) in [5.41, 5.74) is 2.49. The Bertz CT molecular complexity index is 476. The first kappa shape index (κ1) is 20.4. The van der Waals surface area contributed by atoms with Gasteiger partial charge in [0.05, 0.1) is 12.1 Å².